The highest BCUT2D eigenvalue weighted by molar-refractivity contribution is 5.89. The Labute approximate surface area is 451 Å². The summed E-state index contributed by atoms with van der Waals surface area (Å²) in [4.78, 5) is 69.9. The second-order valence-electron chi connectivity index (χ2n) is 22.2. The minimum absolute atomic E-state index is 0.135. The molecule has 0 bridgehead atoms. The third-order valence-electron chi connectivity index (χ3n) is 15.7. The first-order valence-corrected chi connectivity index (χ1v) is 31.0. The van der Waals surface area contributed by atoms with Crippen molar-refractivity contribution in [3.05, 3.63) is 35.9 Å². The van der Waals surface area contributed by atoms with E-state index in [4.69, 9.17) is 18.9 Å². The maximum Gasteiger partial charge on any atom is 0.329 e. The fraction of sp³-hybridized carbons (Fsp3) is 0.825. The van der Waals surface area contributed by atoms with Crippen LogP contribution in [0.25, 0.3) is 0 Å². The average molecular weight is 1040 g/mol. The zero-order valence-electron chi connectivity index (χ0n) is 47.7. The Morgan fingerprint density at radius 2 is 1.00 bits per heavy atom. The second kappa shape index (κ2) is 42.6. The molecule has 1 saturated heterocycles. The quantitative estimate of drug-likeness (QED) is 0.0382. The minimum atomic E-state index is -1.01. The monoisotopic (exact) mass is 1040 g/mol. The number of amides is 1. The summed E-state index contributed by atoms with van der Waals surface area (Å²) in [5, 5.41) is 3.27. The van der Waals surface area contributed by atoms with E-state index in [0.717, 1.165) is 69.8 Å². The lowest BCUT2D eigenvalue weighted by Crippen LogP contribution is -2.56. The van der Waals surface area contributed by atoms with E-state index in [1.54, 1.807) is 18.7 Å². The largest absolute Gasteiger partial charge is 0.465 e. The molecule has 1 aliphatic carbocycles. The van der Waals surface area contributed by atoms with Crippen LogP contribution in [0.15, 0.2) is 30.3 Å². The summed E-state index contributed by atoms with van der Waals surface area (Å²) >= 11 is 0. The number of likely N-dealkylation sites (tertiary alicyclic amines) is 1. The smallest absolute Gasteiger partial charge is 0.329 e. The summed E-state index contributed by atoms with van der Waals surface area (Å²) in [6.45, 7) is 7.80. The standard InChI is InChI=1S/C63H108N2O9/c1-5-8-10-12-14-16-18-20-22-24-26-28-30-32-37-45-59(66)72-50-55(51-73-60(67)46-38-33-31-29-27-25-23-21-19-17-15-13-11-9-6-2)74-63(70)58-49-54-43-39-40-44-57(54)65(58)61(68)52(4)64-56(62(69)71-7-3)48-47-53-41-35-34-36-42-53/h34-36,41-42,52,54-58,64H,5-33,37-40,43-51H2,1-4H3/t52?,54-,56+,57+,58+/m1/s1. The molecule has 1 saturated carbocycles. The van der Waals surface area contributed by atoms with Crippen LogP contribution < -0.4 is 5.32 Å². The molecule has 11 nitrogen and oxygen atoms in total. The first-order valence-electron chi connectivity index (χ1n) is 31.0. The van der Waals surface area contributed by atoms with Gasteiger partial charge in [0.05, 0.1) is 12.6 Å². The number of rotatable bonds is 46. The second-order valence-corrected chi connectivity index (χ2v) is 22.2. The van der Waals surface area contributed by atoms with Gasteiger partial charge in [0.15, 0.2) is 6.10 Å². The van der Waals surface area contributed by atoms with Gasteiger partial charge in [0.25, 0.3) is 0 Å². The first-order chi connectivity index (χ1) is 36.2. The maximum absolute atomic E-state index is 14.5. The van der Waals surface area contributed by atoms with Gasteiger partial charge in [-0.15, -0.1) is 0 Å². The highest BCUT2D eigenvalue weighted by atomic mass is 16.6. The molecule has 1 heterocycles. The molecule has 3 rings (SSSR count). The van der Waals surface area contributed by atoms with Crippen LogP contribution in [-0.4, -0.2) is 84.8 Å². The van der Waals surface area contributed by atoms with Gasteiger partial charge in [-0.25, -0.2) is 4.79 Å². The van der Waals surface area contributed by atoms with Gasteiger partial charge in [-0.3, -0.25) is 24.5 Å². The van der Waals surface area contributed by atoms with Crippen molar-refractivity contribution in [1.82, 2.24) is 10.2 Å². The van der Waals surface area contributed by atoms with Crippen LogP contribution in [0.1, 0.15) is 277 Å². The van der Waals surface area contributed by atoms with Gasteiger partial charge >= 0.3 is 23.9 Å². The lowest BCUT2D eigenvalue weighted by Gasteiger charge is -2.36. The van der Waals surface area contributed by atoms with Gasteiger partial charge in [0.2, 0.25) is 5.91 Å². The molecule has 1 N–H and O–H groups in total. The summed E-state index contributed by atoms with van der Waals surface area (Å²) in [6.07, 6.45) is 41.9. The fourth-order valence-electron chi connectivity index (χ4n) is 11.2. The molecule has 0 radical (unpaired) electrons. The molecular formula is C63H108N2O9. The Balaban J connectivity index is 1.52. The maximum atomic E-state index is 14.5. The number of hydrogen-bond donors (Lipinski definition) is 1. The third-order valence-corrected chi connectivity index (χ3v) is 15.7. The number of nitrogens with zero attached hydrogens (tertiary/aromatic N) is 1. The van der Waals surface area contributed by atoms with E-state index in [1.807, 2.05) is 30.3 Å². The van der Waals surface area contributed by atoms with E-state index >= 15 is 0 Å². The Hall–Kier alpha value is -3.47. The Morgan fingerprint density at radius 3 is 1.45 bits per heavy atom. The SMILES string of the molecule is CCCCCCCCCCCCCCCCCC(=O)OCC(COC(=O)CCCCCCCCCCCCCCCCC)OC(=O)[C@@H]1C[C@H]2CCCC[C@@H]2N1C(=O)C(C)N[C@@H](CCc1ccccc1)C(=O)OCC. The molecule has 0 spiro atoms. The number of ether oxygens (including phenoxy) is 4. The average Bonchev–Trinajstić information content (AvgIpc) is 3.80. The number of unbranched alkanes of at least 4 members (excludes halogenated alkanes) is 28. The Morgan fingerprint density at radius 1 is 0.568 bits per heavy atom. The molecule has 11 heteroatoms. The van der Waals surface area contributed by atoms with Crippen LogP contribution in [-0.2, 0) is 49.3 Å². The molecule has 2 aliphatic rings. The van der Waals surface area contributed by atoms with Crippen LogP contribution in [0.5, 0.6) is 0 Å². The van der Waals surface area contributed by atoms with Crippen molar-refractivity contribution in [3.63, 3.8) is 0 Å². The van der Waals surface area contributed by atoms with E-state index in [9.17, 15) is 24.0 Å². The highest BCUT2D eigenvalue weighted by Gasteiger charge is 2.49. The Bertz CT molecular complexity index is 1560. The fourth-order valence-corrected chi connectivity index (χ4v) is 11.2. The number of carbonyl (C=O) groups is 5. The number of nitrogens with one attached hydrogen (secondary N) is 1. The number of benzene rings is 1. The summed E-state index contributed by atoms with van der Waals surface area (Å²) in [5.41, 5.74) is 1.08. The van der Waals surface area contributed by atoms with Crippen molar-refractivity contribution in [2.45, 2.75) is 308 Å². The van der Waals surface area contributed by atoms with Gasteiger partial charge in [-0.2, -0.15) is 0 Å². The number of carbonyl (C=O) groups excluding carboxylic acids is 5. The van der Waals surface area contributed by atoms with Crippen LogP contribution in [0.3, 0.4) is 0 Å². The first kappa shape index (κ1) is 64.8. The predicted molar refractivity (Wildman–Crippen MR) is 300 cm³/mol. The normalized spacial score (nSPS) is 17.2. The van der Waals surface area contributed by atoms with Crippen LogP contribution in [0, 0.1) is 5.92 Å². The molecule has 1 aromatic carbocycles. The highest BCUT2D eigenvalue weighted by Crippen LogP contribution is 2.40. The minimum Gasteiger partial charge on any atom is -0.465 e. The summed E-state index contributed by atoms with van der Waals surface area (Å²) in [6, 6.07) is 7.40. The van der Waals surface area contributed by atoms with E-state index in [0.29, 0.717) is 19.3 Å². The van der Waals surface area contributed by atoms with Crippen molar-refractivity contribution >= 4 is 29.8 Å². The summed E-state index contributed by atoms with van der Waals surface area (Å²) < 4.78 is 23.0. The molecule has 1 aliphatic heterocycles. The molecule has 1 unspecified atom stereocenters. The Kier molecular flexibility index (Phi) is 37.3. The molecule has 74 heavy (non-hydrogen) atoms. The number of fused-ring (bicyclic) bond motifs is 1. The lowest BCUT2D eigenvalue weighted by atomic mass is 9.84. The van der Waals surface area contributed by atoms with E-state index in [2.05, 4.69) is 19.2 Å². The third kappa shape index (κ3) is 29.2. The van der Waals surface area contributed by atoms with Gasteiger partial charge in [0.1, 0.15) is 25.3 Å². The van der Waals surface area contributed by atoms with Crippen molar-refractivity contribution in [1.29, 1.82) is 0 Å². The van der Waals surface area contributed by atoms with E-state index in [1.165, 1.54) is 154 Å². The molecule has 1 amide bonds. The van der Waals surface area contributed by atoms with Crippen molar-refractivity contribution in [2.24, 2.45) is 5.92 Å². The zero-order chi connectivity index (χ0) is 53.3. The molecule has 0 aromatic heterocycles. The van der Waals surface area contributed by atoms with E-state index in [-0.39, 0.29) is 62.5 Å². The van der Waals surface area contributed by atoms with Crippen molar-refractivity contribution in [3.8, 4) is 0 Å². The molecule has 424 valence electrons. The summed E-state index contributed by atoms with van der Waals surface area (Å²) in [5.74, 6) is -1.86. The van der Waals surface area contributed by atoms with Crippen molar-refractivity contribution in [2.75, 3.05) is 19.8 Å². The van der Waals surface area contributed by atoms with Gasteiger partial charge in [-0.1, -0.05) is 237 Å². The van der Waals surface area contributed by atoms with Crippen molar-refractivity contribution < 1.29 is 42.9 Å². The predicted octanol–water partition coefficient (Wildman–Crippen LogP) is 15.2. The van der Waals surface area contributed by atoms with Crippen LogP contribution in [0.4, 0.5) is 0 Å². The van der Waals surface area contributed by atoms with Gasteiger partial charge in [0, 0.05) is 18.9 Å². The molecule has 2 fully saturated rings. The number of aryl methyl sites for hydroxylation is 1. The van der Waals surface area contributed by atoms with Gasteiger partial charge in [-0.05, 0) is 70.3 Å². The molecular weight excluding hydrogens is 929 g/mol. The molecule has 5 atom stereocenters. The lowest BCUT2D eigenvalue weighted by molar-refractivity contribution is -0.171. The van der Waals surface area contributed by atoms with Crippen LogP contribution >= 0.6 is 0 Å². The number of esters is 4. The molecule has 1 aromatic rings. The summed E-state index contributed by atoms with van der Waals surface area (Å²) in [7, 11) is 0. The topological polar surface area (TPSA) is 138 Å². The number of hydrogen-bond acceptors (Lipinski definition) is 10. The van der Waals surface area contributed by atoms with E-state index < -0.39 is 36.2 Å². The zero-order valence-corrected chi connectivity index (χ0v) is 47.7. The van der Waals surface area contributed by atoms with Gasteiger partial charge < -0.3 is 23.8 Å². The van der Waals surface area contributed by atoms with Crippen LogP contribution in [0.2, 0.25) is 0 Å².